The molecule has 0 atom stereocenters. The quantitative estimate of drug-likeness (QED) is 0.342. The molecule has 1 heterocycles. The van der Waals surface area contributed by atoms with Gasteiger partial charge in [0, 0.05) is 4.43 Å². The maximum atomic E-state index is 12.3. The Labute approximate surface area is 166 Å². The first kappa shape index (κ1) is 20.2. The Morgan fingerprint density at radius 3 is 2.32 bits per heavy atom. The van der Waals surface area contributed by atoms with Gasteiger partial charge in [0.25, 0.3) is 5.56 Å². The highest BCUT2D eigenvalue weighted by molar-refractivity contribution is 14.1. The summed E-state index contributed by atoms with van der Waals surface area (Å²) in [6.07, 6.45) is 1.49. The first-order valence-corrected chi connectivity index (χ1v) is 9.86. The van der Waals surface area contributed by atoms with Crippen LogP contribution in [-0.2, 0) is 23.5 Å². The number of ether oxygens (including phenoxy) is 2. The van der Waals surface area contributed by atoms with E-state index in [0.29, 0.717) is 19.0 Å². The Bertz CT molecular complexity index is 754. The third-order valence-corrected chi connectivity index (χ3v) is 4.22. The monoisotopic (exact) mass is 476 g/mol. The van der Waals surface area contributed by atoms with E-state index in [0.717, 1.165) is 22.2 Å². The number of nitrogens with zero attached hydrogens (tertiary/aromatic N) is 2. The van der Waals surface area contributed by atoms with Gasteiger partial charge in [-0.05, 0) is 31.9 Å². The Morgan fingerprint density at radius 2 is 1.76 bits per heavy atom. The molecule has 1 aromatic carbocycles. The van der Waals surface area contributed by atoms with Crippen molar-refractivity contribution in [3.8, 4) is 5.75 Å². The summed E-state index contributed by atoms with van der Waals surface area (Å²) < 4.78 is 13.5. The third-order valence-electron chi connectivity index (χ3n) is 3.43. The van der Waals surface area contributed by atoms with Crippen molar-refractivity contribution in [2.45, 2.75) is 39.5 Å². The summed E-state index contributed by atoms with van der Waals surface area (Å²) in [6, 6.07) is 7.95. The molecule has 0 spiro atoms. The number of rotatable bonds is 7. The second-order valence-corrected chi connectivity index (χ2v) is 8.01. The number of benzene rings is 1. The van der Waals surface area contributed by atoms with Crippen molar-refractivity contribution in [3.05, 3.63) is 57.0 Å². The van der Waals surface area contributed by atoms with Gasteiger partial charge in [-0.1, -0.05) is 58.5 Å². The van der Waals surface area contributed by atoms with Crippen molar-refractivity contribution in [3.63, 3.8) is 0 Å². The van der Waals surface area contributed by atoms with E-state index in [1.807, 2.05) is 45.0 Å². The number of hydrogen-bond donors (Lipinski definition) is 0. The highest BCUT2D eigenvalue weighted by Crippen LogP contribution is 2.21. The second-order valence-electron chi connectivity index (χ2n) is 6.56. The first-order chi connectivity index (χ1) is 11.8. The molecule has 0 aliphatic carbocycles. The summed E-state index contributed by atoms with van der Waals surface area (Å²) in [4.78, 5) is 12.3. The van der Waals surface area contributed by atoms with Crippen LogP contribution in [0.25, 0.3) is 0 Å². The Hall–Kier alpha value is -1.12. The van der Waals surface area contributed by atoms with Gasteiger partial charge in [0.1, 0.15) is 6.61 Å². The van der Waals surface area contributed by atoms with Crippen molar-refractivity contribution < 1.29 is 9.47 Å². The Kier molecular flexibility index (Phi) is 7.27. The molecule has 7 heteroatoms. The van der Waals surface area contributed by atoms with Crippen LogP contribution in [0.15, 0.2) is 35.3 Å². The van der Waals surface area contributed by atoms with E-state index < -0.39 is 5.54 Å². The van der Waals surface area contributed by atoms with Crippen LogP contribution >= 0.6 is 34.2 Å². The summed E-state index contributed by atoms with van der Waals surface area (Å²) in [5.41, 5.74) is 1.30. The van der Waals surface area contributed by atoms with E-state index >= 15 is 0 Å². The van der Waals surface area contributed by atoms with Crippen LogP contribution in [0.5, 0.6) is 5.75 Å². The smallest absolute Gasteiger partial charge is 0.289 e. The number of alkyl halides is 1. The van der Waals surface area contributed by atoms with Crippen molar-refractivity contribution in [1.29, 1.82) is 0 Å². The zero-order chi connectivity index (χ0) is 18.4. The van der Waals surface area contributed by atoms with Gasteiger partial charge in [0.15, 0.2) is 10.8 Å². The van der Waals surface area contributed by atoms with Gasteiger partial charge in [-0.3, -0.25) is 4.79 Å². The molecule has 1 aromatic heterocycles. The second kappa shape index (κ2) is 9.00. The summed E-state index contributed by atoms with van der Waals surface area (Å²) in [5.74, 6) is 0.293. The molecule has 0 N–H and O–H groups in total. The van der Waals surface area contributed by atoms with Crippen LogP contribution in [0.2, 0.25) is 5.02 Å². The molecular formula is C18H22ClIN2O3. The van der Waals surface area contributed by atoms with Gasteiger partial charge < -0.3 is 9.47 Å². The average molecular weight is 477 g/mol. The Morgan fingerprint density at radius 1 is 1.16 bits per heavy atom. The lowest BCUT2D eigenvalue weighted by Gasteiger charge is -2.21. The summed E-state index contributed by atoms with van der Waals surface area (Å²) in [6.45, 7) is 7.34. The largest absolute Gasteiger partial charge is 0.485 e. The van der Waals surface area contributed by atoms with Gasteiger partial charge in [0.2, 0.25) is 0 Å². The lowest BCUT2D eigenvalue weighted by molar-refractivity contribution is 0.138. The van der Waals surface area contributed by atoms with Gasteiger partial charge >= 0.3 is 0 Å². The molecule has 25 heavy (non-hydrogen) atoms. The maximum Gasteiger partial charge on any atom is 0.289 e. The summed E-state index contributed by atoms with van der Waals surface area (Å²) in [7, 11) is 0. The molecule has 0 aliphatic heterocycles. The molecule has 0 bridgehead atoms. The van der Waals surface area contributed by atoms with Gasteiger partial charge in [-0.2, -0.15) is 5.10 Å². The van der Waals surface area contributed by atoms with Crippen molar-refractivity contribution >= 4 is 34.2 Å². The standard InChI is InChI=1S/C18H22ClIN2O3/c1-18(2,3)22-17(23)16(19)15(10-21-22)25-12-14-6-4-13(5-7-14)11-24-9-8-20/h4-7,10H,8-9,11-12H2,1-3H3. The predicted octanol–water partition coefficient (Wildman–Crippen LogP) is 4.18. The summed E-state index contributed by atoms with van der Waals surface area (Å²) in [5, 5.41) is 4.21. The normalized spacial score (nSPS) is 11.6. The highest BCUT2D eigenvalue weighted by atomic mass is 127. The predicted molar refractivity (Wildman–Crippen MR) is 108 cm³/mol. The topological polar surface area (TPSA) is 53.4 Å². The van der Waals surface area contributed by atoms with E-state index in [4.69, 9.17) is 21.1 Å². The molecule has 0 aliphatic rings. The molecule has 5 nitrogen and oxygen atoms in total. The molecule has 136 valence electrons. The average Bonchev–Trinajstić information content (AvgIpc) is 2.56. The van der Waals surface area contributed by atoms with Gasteiger partial charge in [-0.25, -0.2) is 4.68 Å². The molecular weight excluding hydrogens is 455 g/mol. The lowest BCUT2D eigenvalue weighted by atomic mass is 10.1. The van der Waals surface area contributed by atoms with E-state index in [2.05, 4.69) is 27.7 Å². The minimum absolute atomic E-state index is 0.0498. The lowest BCUT2D eigenvalue weighted by Crippen LogP contribution is -2.36. The molecule has 2 aromatic rings. The van der Waals surface area contributed by atoms with E-state index in [1.165, 1.54) is 10.9 Å². The first-order valence-electron chi connectivity index (χ1n) is 7.95. The molecule has 0 saturated carbocycles. The molecule has 0 fully saturated rings. The number of halogens is 2. The van der Waals surface area contributed by atoms with Crippen molar-refractivity contribution in [2.24, 2.45) is 0 Å². The Balaban J connectivity index is 2.02. The molecule has 0 unspecified atom stereocenters. The fourth-order valence-electron chi connectivity index (χ4n) is 2.13. The van der Waals surface area contributed by atoms with Crippen LogP contribution in [0.1, 0.15) is 31.9 Å². The molecule has 2 rings (SSSR count). The van der Waals surface area contributed by atoms with E-state index in [9.17, 15) is 4.79 Å². The molecule has 0 saturated heterocycles. The molecule has 0 radical (unpaired) electrons. The molecule has 0 amide bonds. The van der Waals surface area contributed by atoms with Crippen molar-refractivity contribution in [2.75, 3.05) is 11.0 Å². The fraction of sp³-hybridized carbons (Fsp3) is 0.444. The van der Waals surface area contributed by atoms with Crippen LogP contribution in [-0.4, -0.2) is 20.8 Å². The number of aromatic nitrogens is 2. The van der Waals surface area contributed by atoms with Crippen molar-refractivity contribution in [1.82, 2.24) is 9.78 Å². The number of hydrogen-bond acceptors (Lipinski definition) is 4. The van der Waals surface area contributed by atoms with E-state index in [1.54, 1.807) is 0 Å². The third kappa shape index (κ3) is 5.69. The highest BCUT2D eigenvalue weighted by Gasteiger charge is 2.19. The van der Waals surface area contributed by atoms with Gasteiger partial charge in [-0.15, -0.1) is 0 Å². The van der Waals surface area contributed by atoms with Gasteiger partial charge in [0.05, 0.1) is 24.9 Å². The van der Waals surface area contributed by atoms with Crippen LogP contribution in [0.4, 0.5) is 0 Å². The van der Waals surface area contributed by atoms with Crippen LogP contribution in [0, 0.1) is 0 Å². The zero-order valence-electron chi connectivity index (χ0n) is 14.6. The summed E-state index contributed by atoms with van der Waals surface area (Å²) >= 11 is 8.43. The SMILES string of the molecule is CC(C)(C)n1ncc(OCc2ccc(COCCI)cc2)c(Cl)c1=O. The van der Waals surface area contributed by atoms with Crippen LogP contribution in [0.3, 0.4) is 0 Å². The van der Waals surface area contributed by atoms with Crippen LogP contribution < -0.4 is 10.3 Å². The maximum absolute atomic E-state index is 12.3. The minimum atomic E-state index is -0.436. The van der Waals surface area contributed by atoms with E-state index in [-0.39, 0.29) is 10.6 Å². The minimum Gasteiger partial charge on any atom is -0.485 e. The fourth-order valence-corrected chi connectivity index (χ4v) is 2.63. The zero-order valence-corrected chi connectivity index (χ0v) is 17.5.